The van der Waals surface area contributed by atoms with E-state index in [-0.39, 0.29) is 5.78 Å². The van der Waals surface area contributed by atoms with Crippen LogP contribution in [0.25, 0.3) is 0 Å². The Morgan fingerprint density at radius 2 is 1.67 bits per heavy atom. The third-order valence-corrected chi connectivity index (χ3v) is 2.78. The van der Waals surface area contributed by atoms with E-state index < -0.39 is 0 Å². The number of para-hydroxylation sites is 1. The molecule has 0 saturated carbocycles. The van der Waals surface area contributed by atoms with Crippen LogP contribution in [0.2, 0.25) is 0 Å². The molecular weight excluding hydrogens is 224 g/mol. The van der Waals surface area contributed by atoms with E-state index >= 15 is 0 Å². The van der Waals surface area contributed by atoms with E-state index in [0.29, 0.717) is 13.0 Å². The lowest BCUT2D eigenvalue weighted by Gasteiger charge is -2.08. The van der Waals surface area contributed by atoms with Crippen LogP contribution in [0.5, 0.6) is 5.75 Å². The molecule has 0 radical (unpaired) electrons. The van der Waals surface area contributed by atoms with Gasteiger partial charge >= 0.3 is 0 Å². The maximum atomic E-state index is 11.8. The first kappa shape index (κ1) is 12.4. The molecule has 0 atom stereocenters. The second kappa shape index (κ2) is 6.01. The molecule has 0 fully saturated rings. The van der Waals surface area contributed by atoms with Gasteiger partial charge in [-0.2, -0.15) is 0 Å². The number of benzene rings is 2. The van der Waals surface area contributed by atoms with Crippen molar-refractivity contribution >= 4 is 5.78 Å². The number of hydrogen-bond donors (Lipinski definition) is 0. The smallest absolute Gasteiger partial charge is 0.166 e. The van der Waals surface area contributed by atoms with Crippen LogP contribution in [0.3, 0.4) is 0 Å². The summed E-state index contributed by atoms with van der Waals surface area (Å²) in [5.74, 6) is 0.961. The maximum absolute atomic E-state index is 11.8. The largest absolute Gasteiger partial charge is 0.493 e. The third kappa shape index (κ3) is 3.20. The average molecular weight is 240 g/mol. The van der Waals surface area contributed by atoms with Gasteiger partial charge in [0, 0.05) is 12.0 Å². The Morgan fingerprint density at radius 3 is 2.39 bits per heavy atom. The number of carbonyl (C=O) groups is 1. The molecule has 18 heavy (non-hydrogen) atoms. The Labute approximate surface area is 107 Å². The summed E-state index contributed by atoms with van der Waals surface area (Å²) in [4.78, 5) is 11.8. The van der Waals surface area contributed by atoms with E-state index in [1.165, 1.54) is 0 Å². The monoisotopic (exact) mass is 240 g/mol. The molecule has 0 aliphatic heterocycles. The Morgan fingerprint density at radius 1 is 1.00 bits per heavy atom. The van der Waals surface area contributed by atoms with Gasteiger partial charge in [-0.1, -0.05) is 48.5 Å². The van der Waals surface area contributed by atoms with Crippen molar-refractivity contribution in [3.8, 4) is 5.75 Å². The highest BCUT2D eigenvalue weighted by Crippen LogP contribution is 2.16. The molecule has 2 nitrogen and oxygen atoms in total. The second-order valence-electron chi connectivity index (χ2n) is 4.15. The van der Waals surface area contributed by atoms with Gasteiger partial charge in [0.25, 0.3) is 0 Å². The first-order valence-electron chi connectivity index (χ1n) is 6.04. The van der Waals surface area contributed by atoms with Crippen molar-refractivity contribution < 1.29 is 9.53 Å². The number of ketones is 1. The topological polar surface area (TPSA) is 26.3 Å². The van der Waals surface area contributed by atoms with E-state index in [4.69, 9.17) is 4.74 Å². The van der Waals surface area contributed by atoms with Crippen molar-refractivity contribution in [3.63, 3.8) is 0 Å². The third-order valence-electron chi connectivity index (χ3n) is 2.78. The summed E-state index contributed by atoms with van der Waals surface area (Å²) in [6, 6.07) is 17.1. The van der Waals surface area contributed by atoms with Gasteiger partial charge in [0.05, 0.1) is 6.61 Å². The van der Waals surface area contributed by atoms with Crippen molar-refractivity contribution in [1.82, 2.24) is 0 Å². The number of rotatable bonds is 5. The quantitative estimate of drug-likeness (QED) is 0.746. The highest BCUT2D eigenvalue weighted by Gasteiger charge is 2.05. The van der Waals surface area contributed by atoms with E-state index in [2.05, 4.69) is 0 Å². The van der Waals surface area contributed by atoms with Crippen molar-refractivity contribution in [1.29, 1.82) is 0 Å². The summed E-state index contributed by atoms with van der Waals surface area (Å²) in [5.41, 5.74) is 1.83. The standard InChI is InChI=1S/C16H16O2/c1-13-7-5-6-10-16(13)18-12-11-15(17)14-8-3-2-4-9-14/h2-10H,11-12H2,1H3. The first-order valence-corrected chi connectivity index (χ1v) is 6.04. The Balaban J connectivity index is 1.86. The summed E-state index contributed by atoms with van der Waals surface area (Å²) in [7, 11) is 0. The summed E-state index contributed by atoms with van der Waals surface area (Å²) in [6.07, 6.45) is 0.401. The molecule has 0 N–H and O–H groups in total. The molecule has 0 aliphatic carbocycles. The first-order chi connectivity index (χ1) is 8.77. The molecule has 0 amide bonds. The number of hydrogen-bond acceptors (Lipinski definition) is 2. The van der Waals surface area contributed by atoms with Gasteiger partial charge < -0.3 is 4.74 Å². The van der Waals surface area contributed by atoms with E-state index in [1.807, 2.05) is 61.5 Å². The van der Waals surface area contributed by atoms with Crippen LogP contribution in [-0.4, -0.2) is 12.4 Å². The lowest BCUT2D eigenvalue weighted by Crippen LogP contribution is -2.07. The van der Waals surface area contributed by atoms with Crippen LogP contribution < -0.4 is 4.74 Å². The molecule has 0 bridgehead atoms. The van der Waals surface area contributed by atoms with Gasteiger partial charge in [0.2, 0.25) is 0 Å². The number of Topliss-reactive ketones (excluding diaryl/α,β-unsaturated/α-hetero) is 1. The van der Waals surface area contributed by atoms with E-state index in [1.54, 1.807) is 0 Å². The molecule has 0 aliphatic rings. The summed E-state index contributed by atoms with van der Waals surface area (Å²) in [5, 5.41) is 0. The fourth-order valence-electron chi connectivity index (χ4n) is 1.74. The zero-order valence-corrected chi connectivity index (χ0v) is 10.4. The Bertz CT molecular complexity index is 518. The second-order valence-corrected chi connectivity index (χ2v) is 4.15. The van der Waals surface area contributed by atoms with Crippen molar-refractivity contribution in [2.75, 3.05) is 6.61 Å². The molecule has 2 aromatic rings. The normalized spacial score (nSPS) is 10.1. The van der Waals surface area contributed by atoms with Crippen LogP contribution in [0.4, 0.5) is 0 Å². The highest BCUT2D eigenvalue weighted by molar-refractivity contribution is 5.96. The molecule has 92 valence electrons. The summed E-state index contributed by atoms with van der Waals surface area (Å²) in [6.45, 7) is 2.41. The van der Waals surface area contributed by atoms with Gasteiger partial charge in [-0.05, 0) is 18.6 Å². The molecule has 0 heterocycles. The molecule has 2 rings (SSSR count). The zero-order valence-electron chi connectivity index (χ0n) is 10.4. The van der Waals surface area contributed by atoms with Crippen molar-refractivity contribution in [2.24, 2.45) is 0 Å². The fourth-order valence-corrected chi connectivity index (χ4v) is 1.74. The minimum atomic E-state index is 0.115. The predicted octanol–water partition coefficient (Wildman–Crippen LogP) is 3.65. The van der Waals surface area contributed by atoms with Crippen LogP contribution in [-0.2, 0) is 0 Å². The van der Waals surface area contributed by atoms with Gasteiger partial charge in [0.1, 0.15) is 5.75 Å². The number of aryl methyl sites for hydroxylation is 1. The molecule has 0 spiro atoms. The molecule has 2 heteroatoms. The van der Waals surface area contributed by atoms with Gasteiger partial charge in [-0.25, -0.2) is 0 Å². The van der Waals surface area contributed by atoms with E-state index in [0.717, 1.165) is 16.9 Å². The Hall–Kier alpha value is -2.09. The molecule has 0 aromatic heterocycles. The number of carbonyl (C=O) groups excluding carboxylic acids is 1. The predicted molar refractivity (Wildman–Crippen MR) is 72.1 cm³/mol. The fraction of sp³-hybridized carbons (Fsp3) is 0.188. The highest BCUT2D eigenvalue weighted by atomic mass is 16.5. The maximum Gasteiger partial charge on any atom is 0.166 e. The summed E-state index contributed by atoms with van der Waals surface area (Å²) < 4.78 is 5.61. The van der Waals surface area contributed by atoms with E-state index in [9.17, 15) is 4.79 Å². The SMILES string of the molecule is Cc1ccccc1OCCC(=O)c1ccccc1. The minimum absolute atomic E-state index is 0.115. The van der Waals surface area contributed by atoms with Crippen LogP contribution in [0.1, 0.15) is 22.3 Å². The summed E-state index contributed by atoms with van der Waals surface area (Å²) >= 11 is 0. The molecular formula is C16H16O2. The number of ether oxygens (including phenoxy) is 1. The lowest BCUT2D eigenvalue weighted by atomic mass is 10.1. The van der Waals surface area contributed by atoms with Crippen molar-refractivity contribution in [3.05, 3.63) is 65.7 Å². The Kier molecular flexibility index (Phi) is 4.13. The molecule has 0 saturated heterocycles. The minimum Gasteiger partial charge on any atom is -0.493 e. The van der Waals surface area contributed by atoms with Crippen LogP contribution in [0.15, 0.2) is 54.6 Å². The van der Waals surface area contributed by atoms with Crippen molar-refractivity contribution in [2.45, 2.75) is 13.3 Å². The van der Waals surface area contributed by atoms with Gasteiger partial charge in [0.15, 0.2) is 5.78 Å². The zero-order chi connectivity index (χ0) is 12.8. The average Bonchev–Trinajstić information content (AvgIpc) is 2.42. The van der Waals surface area contributed by atoms with Gasteiger partial charge in [-0.15, -0.1) is 0 Å². The van der Waals surface area contributed by atoms with Gasteiger partial charge in [-0.3, -0.25) is 4.79 Å². The van der Waals surface area contributed by atoms with Crippen LogP contribution >= 0.6 is 0 Å². The van der Waals surface area contributed by atoms with Crippen LogP contribution in [0, 0.1) is 6.92 Å². The molecule has 2 aromatic carbocycles. The molecule has 0 unspecified atom stereocenters. The lowest BCUT2D eigenvalue weighted by molar-refractivity contribution is 0.0962.